The van der Waals surface area contributed by atoms with E-state index >= 15 is 0 Å². The fraction of sp³-hybridized carbons (Fsp3) is 0.188. The second kappa shape index (κ2) is 7.58. The summed E-state index contributed by atoms with van der Waals surface area (Å²) in [5, 5.41) is 2.17. The zero-order chi connectivity index (χ0) is 15.2. The molecule has 0 amide bonds. The molecule has 3 nitrogen and oxygen atoms in total. The maximum absolute atomic E-state index is 5.38. The lowest BCUT2D eigenvalue weighted by Gasteiger charge is -2.05. The van der Waals surface area contributed by atoms with Crippen molar-refractivity contribution in [1.82, 2.24) is 9.97 Å². The molecule has 21 heavy (non-hydrogen) atoms. The second-order valence-electron chi connectivity index (χ2n) is 4.49. The summed E-state index contributed by atoms with van der Waals surface area (Å²) in [7, 11) is 4.40. The Hall–Kier alpha value is -1.38. The van der Waals surface area contributed by atoms with E-state index in [1.165, 1.54) is 5.56 Å². The summed E-state index contributed by atoms with van der Waals surface area (Å²) < 4.78 is 6.37. The van der Waals surface area contributed by atoms with Gasteiger partial charge in [-0.3, -0.25) is 0 Å². The summed E-state index contributed by atoms with van der Waals surface area (Å²) in [6, 6.07) is 2.08. The monoisotopic (exact) mass is 364 g/mol. The fourth-order valence-electron chi connectivity index (χ4n) is 1.99. The summed E-state index contributed by atoms with van der Waals surface area (Å²) in [6.45, 7) is 1.98. The number of methoxy groups -OCH3 is 1. The van der Waals surface area contributed by atoms with Gasteiger partial charge in [0.15, 0.2) is 0 Å². The van der Waals surface area contributed by atoms with Crippen molar-refractivity contribution in [3.8, 4) is 0 Å². The Kier molecular flexibility index (Phi) is 5.77. The molecule has 2 rings (SSSR count). The summed E-state index contributed by atoms with van der Waals surface area (Å²) in [5.41, 5.74) is 2.11. The average molecular weight is 365 g/mol. The lowest BCUT2D eigenvalue weighted by Crippen LogP contribution is -1.88. The first-order valence-corrected chi connectivity index (χ1v) is 7.97. The van der Waals surface area contributed by atoms with E-state index in [0.29, 0.717) is 0 Å². The number of hydrogen-bond acceptors (Lipinski definition) is 2. The smallest absolute Gasteiger partial charge is 0.137 e. The number of H-pyrrole nitrogens is 1. The van der Waals surface area contributed by atoms with E-state index in [4.69, 9.17) is 4.74 Å². The quantitative estimate of drug-likeness (QED) is 0.473. The topological polar surface area (TPSA) is 37.9 Å². The zero-order valence-electron chi connectivity index (χ0n) is 12.1. The molecule has 1 unspecified atom stereocenters. The molecule has 1 atom stereocenters. The van der Waals surface area contributed by atoms with E-state index in [1.807, 2.05) is 31.3 Å². The maximum atomic E-state index is 5.38. The van der Waals surface area contributed by atoms with Gasteiger partial charge in [0.25, 0.3) is 0 Å². The van der Waals surface area contributed by atoms with Crippen LogP contribution >= 0.6 is 25.2 Å². The molecule has 0 saturated carbocycles. The van der Waals surface area contributed by atoms with Crippen molar-refractivity contribution in [2.75, 3.05) is 7.11 Å². The van der Waals surface area contributed by atoms with Crippen LogP contribution < -0.4 is 0 Å². The number of allylic oxidation sites excluding steroid dienone is 5. The van der Waals surface area contributed by atoms with Gasteiger partial charge in [-0.1, -0.05) is 18.2 Å². The van der Waals surface area contributed by atoms with Gasteiger partial charge in [0.05, 0.1) is 7.11 Å². The number of halogens is 1. The van der Waals surface area contributed by atoms with Gasteiger partial charge in [-0.15, -0.1) is 9.24 Å². The molecular formula is C16H18BrN2OP. The Balaban J connectivity index is 2.24. The van der Waals surface area contributed by atoms with E-state index < -0.39 is 0 Å². The zero-order valence-corrected chi connectivity index (χ0v) is 14.8. The maximum Gasteiger partial charge on any atom is 0.137 e. The largest absolute Gasteiger partial charge is 0.496 e. The van der Waals surface area contributed by atoms with Crippen LogP contribution in [0.5, 0.6) is 0 Å². The highest BCUT2D eigenvalue weighted by Crippen LogP contribution is 2.24. The molecule has 0 aliphatic carbocycles. The Morgan fingerprint density at radius 1 is 1.52 bits per heavy atom. The molecule has 0 aliphatic rings. The van der Waals surface area contributed by atoms with Gasteiger partial charge in [-0.25, -0.2) is 4.98 Å². The Morgan fingerprint density at radius 2 is 2.33 bits per heavy atom. The van der Waals surface area contributed by atoms with Gasteiger partial charge in [0.1, 0.15) is 11.4 Å². The number of nitrogens with zero attached hydrogens (tertiary/aromatic N) is 1. The van der Waals surface area contributed by atoms with Crippen LogP contribution in [0.2, 0.25) is 0 Å². The highest BCUT2D eigenvalue weighted by Gasteiger charge is 2.05. The molecule has 0 spiro atoms. The van der Waals surface area contributed by atoms with Crippen LogP contribution in [-0.2, 0) is 11.2 Å². The second-order valence-corrected chi connectivity index (χ2v) is 6.03. The number of hydrogen-bond donors (Lipinski definition) is 1. The standard InChI is InChI=1S/C16H18BrN2OP/c1-3-4-5-14(20-2)15(21)7-6-11-9-18-16-13(11)8-12(17)10-19-16/h3-5,7-10H,6,21H2,1-2H3,(H,18,19)/b4-3-,14-5+,15-7-. The Bertz CT molecular complexity index is 716. The first-order valence-electron chi connectivity index (χ1n) is 6.60. The minimum Gasteiger partial charge on any atom is -0.496 e. The van der Waals surface area contributed by atoms with Crippen LogP contribution in [-0.4, -0.2) is 17.1 Å². The predicted octanol–water partition coefficient (Wildman–Crippen LogP) is 4.73. The van der Waals surface area contributed by atoms with Crippen LogP contribution in [0.25, 0.3) is 11.0 Å². The number of aromatic amines is 1. The van der Waals surface area contributed by atoms with E-state index in [2.05, 4.69) is 47.3 Å². The Morgan fingerprint density at radius 3 is 3.05 bits per heavy atom. The molecule has 2 aromatic heterocycles. The number of fused-ring (bicyclic) bond motifs is 1. The van der Waals surface area contributed by atoms with Gasteiger partial charge in [-0.2, -0.15) is 0 Å². The summed E-state index contributed by atoms with van der Waals surface area (Å²) in [6.07, 6.45) is 12.6. The predicted molar refractivity (Wildman–Crippen MR) is 95.2 cm³/mol. The summed E-state index contributed by atoms with van der Waals surface area (Å²) in [4.78, 5) is 7.54. The van der Waals surface area contributed by atoms with Crippen molar-refractivity contribution in [3.05, 3.63) is 63.9 Å². The number of rotatable bonds is 5. The first kappa shape index (κ1) is 16.0. The number of nitrogens with one attached hydrogen (secondary N) is 1. The van der Waals surface area contributed by atoms with E-state index in [0.717, 1.165) is 33.0 Å². The molecular weight excluding hydrogens is 347 g/mol. The highest BCUT2D eigenvalue weighted by molar-refractivity contribution is 9.10. The van der Waals surface area contributed by atoms with Gasteiger partial charge in [0, 0.05) is 27.6 Å². The molecule has 0 aromatic carbocycles. The van der Waals surface area contributed by atoms with Gasteiger partial charge in [0.2, 0.25) is 0 Å². The minimum absolute atomic E-state index is 0.813. The molecule has 0 fully saturated rings. The van der Waals surface area contributed by atoms with Gasteiger partial charge >= 0.3 is 0 Å². The average Bonchev–Trinajstić information content (AvgIpc) is 2.88. The SMILES string of the molecule is C\C=C/C=C(OC)\C(P)=C\Cc1c[nH]c2ncc(Br)cc12. The van der Waals surface area contributed by atoms with Crippen molar-refractivity contribution >= 4 is 36.2 Å². The van der Waals surface area contributed by atoms with Crippen molar-refractivity contribution in [2.24, 2.45) is 0 Å². The molecule has 0 bridgehead atoms. The van der Waals surface area contributed by atoms with E-state index in [1.54, 1.807) is 13.3 Å². The number of ether oxygens (including phenoxy) is 1. The lowest BCUT2D eigenvalue weighted by atomic mass is 10.1. The third-order valence-electron chi connectivity index (χ3n) is 3.07. The summed E-state index contributed by atoms with van der Waals surface area (Å²) >= 11 is 3.46. The molecule has 1 N–H and O–H groups in total. The molecule has 0 saturated heterocycles. The molecule has 2 aromatic rings. The van der Waals surface area contributed by atoms with Crippen LogP contribution in [0.3, 0.4) is 0 Å². The van der Waals surface area contributed by atoms with Crippen LogP contribution in [0.4, 0.5) is 0 Å². The normalized spacial score (nSPS) is 13.3. The fourth-order valence-corrected chi connectivity index (χ4v) is 2.65. The molecule has 110 valence electrons. The van der Waals surface area contributed by atoms with Crippen molar-refractivity contribution < 1.29 is 4.74 Å². The van der Waals surface area contributed by atoms with Gasteiger partial charge in [-0.05, 0) is 47.0 Å². The molecule has 0 radical (unpaired) electrons. The van der Waals surface area contributed by atoms with Crippen molar-refractivity contribution in [2.45, 2.75) is 13.3 Å². The van der Waals surface area contributed by atoms with Crippen LogP contribution in [0.1, 0.15) is 12.5 Å². The third kappa shape index (κ3) is 4.05. The van der Waals surface area contributed by atoms with Crippen LogP contribution in [0.15, 0.2) is 58.3 Å². The van der Waals surface area contributed by atoms with Crippen molar-refractivity contribution in [3.63, 3.8) is 0 Å². The number of pyridine rings is 1. The summed E-state index contributed by atoms with van der Waals surface area (Å²) in [5.74, 6) is 0.845. The molecule has 0 aliphatic heterocycles. The minimum atomic E-state index is 0.813. The third-order valence-corrected chi connectivity index (χ3v) is 4.02. The van der Waals surface area contributed by atoms with Crippen molar-refractivity contribution in [1.29, 1.82) is 0 Å². The lowest BCUT2D eigenvalue weighted by molar-refractivity contribution is 0.305. The van der Waals surface area contributed by atoms with Crippen LogP contribution in [0, 0.1) is 0 Å². The molecule has 2 heterocycles. The molecule has 5 heteroatoms. The number of aromatic nitrogens is 2. The van der Waals surface area contributed by atoms with E-state index in [9.17, 15) is 0 Å². The van der Waals surface area contributed by atoms with Gasteiger partial charge < -0.3 is 9.72 Å². The van der Waals surface area contributed by atoms with E-state index in [-0.39, 0.29) is 0 Å². The highest BCUT2D eigenvalue weighted by atomic mass is 79.9. The Labute approximate surface area is 135 Å². The first-order chi connectivity index (χ1) is 10.2.